The summed E-state index contributed by atoms with van der Waals surface area (Å²) >= 11 is 0. The molecule has 0 fully saturated rings. The topological polar surface area (TPSA) is 101 Å². The van der Waals surface area contributed by atoms with Crippen LogP contribution in [0.4, 0.5) is 10.6 Å². The number of rotatable bonds is 7. The van der Waals surface area contributed by atoms with Crippen molar-refractivity contribution >= 4 is 17.8 Å². The molecule has 1 aromatic carbocycles. The number of hydrogen-bond acceptors (Lipinski definition) is 5. The Morgan fingerprint density at radius 2 is 1.97 bits per heavy atom. The number of carbonyl (C=O) groups excluding carboxylic acids is 1. The standard InChI is InChI=1S/C25H33N3O5/c1-15(2)9-18(28(24(30)31)25(4,5)6)14-32-19-7-8-20-21-11-23(27-16(3)29)26-12-17(21)13-33-22(20)10-19/h7-8,10-12,15,18H,9,13-14H2,1-6H3,(H,30,31)(H,26,27,29)/t18-/m0/s1. The predicted molar refractivity (Wildman–Crippen MR) is 127 cm³/mol. The third-order valence-corrected chi connectivity index (χ3v) is 5.40. The maximum Gasteiger partial charge on any atom is 0.408 e. The van der Waals surface area contributed by atoms with Crippen LogP contribution in [0.25, 0.3) is 11.1 Å². The molecule has 178 valence electrons. The highest BCUT2D eigenvalue weighted by atomic mass is 16.5. The molecule has 0 saturated heterocycles. The minimum Gasteiger partial charge on any atom is -0.491 e. The van der Waals surface area contributed by atoms with E-state index in [2.05, 4.69) is 24.1 Å². The van der Waals surface area contributed by atoms with Gasteiger partial charge >= 0.3 is 6.09 Å². The first-order valence-corrected chi connectivity index (χ1v) is 11.1. The first-order chi connectivity index (χ1) is 15.5. The summed E-state index contributed by atoms with van der Waals surface area (Å²) in [4.78, 5) is 29.1. The van der Waals surface area contributed by atoms with Crippen LogP contribution < -0.4 is 14.8 Å². The Balaban J connectivity index is 1.82. The van der Waals surface area contributed by atoms with Crippen LogP contribution in [0.3, 0.4) is 0 Å². The van der Waals surface area contributed by atoms with E-state index in [1.807, 2.05) is 45.0 Å². The number of nitrogens with one attached hydrogen (secondary N) is 1. The highest BCUT2D eigenvalue weighted by Gasteiger charge is 2.34. The first-order valence-electron chi connectivity index (χ1n) is 11.1. The number of anilines is 1. The summed E-state index contributed by atoms with van der Waals surface area (Å²) in [6, 6.07) is 7.14. The summed E-state index contributed by atoms with van der Waals surface area (Å²) in [6.07, 6.45) is 1.44. The summed E-state index contributed by atoms with van der Waals surface area (Å²) in [7, 11) is 0. The summed E-state index contributed by atoms with van der Waals surface area (Å²) in [6.45, 7) is 11.9. The van der Waals surface area contributed by atoms with Crippen molar-refractivity contribution in [3.8, 4) is 22.6 Å². The quantitative estimate of drug-likeness (QED) is 0.597. The van der Waals surface area contributed by atoms with Crippen molar-refractivity contribution in [2.24, 2.45) is 5.92 Å². The number of benzene rings is 1. The second-order valence-electron chi connectivity index (χ2n) is 9.77. The van der Waals surface area contributed by atoms with Crippen LogP contribution >= 0.6 is 0 Å². The molecule has 0 bridgehead atoms. The molecule has 1 atom stereocenters. The fourth-order valence-electron chi connectivity index (χ4n) is 4.16. The lowest BCUT2D eigenvalue weighted by molar-refractivity contribution is -0.114. The van der Waals surface area contributed by atoms with Crippen LogP contribution in [-0.4, -0.2) is 45.2 Å². The summed E-state index contributed by atoms with van der Waals surface area (Å²) < 4.78 is 12.0. The van der Waals surface area contributed by atoms with E-state index in [4.69, 9.17) is 9.47 Å². The Kier molecular flexibility index (Phi) is 7.15. The number of fused-ring (bicyclic) bond motifs is 3. The van der Waals surface area contributed by atoms with E-state index in [0.717, 1.165) is 16.7 Å². The van der Waals surface area contributed by atoms with E-state index in [0.29, 0.717) is 36.3 Å². The monoisotopic (exact) mass is 455 g/mol. The Labute approximate surface area is 194 Å². The Morgan fingerprint density at radius 3 is 2.58 bits per heavy atom. The van der Waals surface area contributed by atoms with Crippen molar-refractivity contribution in [3.05, 3.63) is 36.0 Å². The molecule has 2 amide bonds. The van der Waals surface area contributed by atoms with Gasteiger partial charge in [-0.3, -0.25) is 9.69 Å². The predicted octanol–water partition coefficient (Wildman–Crippen LogP) is 5.17. The number of ether oxygens (including phenoxy) is 2. The van der Waals surface area contributed by atoms with Gasteiger partial charge in [0, 0.05) is 35.9 Å². The molecule has 8 nitrogen and oxygen atoms in total. The van der Waals surface area contributed by atoms with Gasteiger partial charge in [0.25, 0.3) is 0 Å². The highest BCUT2D eigenvalue weighted by molar-refractivity contribution is 5.89. The number of carboxylic acid groups (broad SMARTS) is 1. The lowest BCUT2D eigenvalue weighted by atomic mass is 9.97. The molecule has 1 aliphatic rings. The van der Waals surface area contributed by atoms with Crippen molar-refractivity contribution in [3.63, 3.8) is 0 Å². The SMILES string of the molecule is CC(=O)Nc1cc2c(cn1)COc1cc(OC[C@H](CC(C)C)N(C(=O)O)C(C)(C)C)ccc1-2. The van der Waals surface area contributed by atoms with Gasteiger partial charge in [-0.1, -0.05) is 13.8 Å². The molecule has 33 heavy (non-hydrogen) atoms. The zero-order valence-electron chi connectivity index (χ0n) is 20.1. The van der Waals surface area contributed by atoms with E-state index in [-0.39, 0.29) is 18.6 Å². The molecule has 1 aromatic heterocycles. The van der Waals surface area contributed by atoms with Crippen LogP contribution in [-0.2, 0) is 11.4 Å². The second kappa shape index (κ2) is 9.68. The summed E-state index contributed by atoms with van der Waals surface area (Å²) in [5.41, 5.74) is 2.23. The van der Waals surface area contributed by atoms with Crippen molar-refractivity contribution in [2.45, 2.75) is 66.2 Å². The summed E-state index contributed by atoms with van der Waals surface area (Å²) in [5, 5.41) is 12.5. The molecular formula is C25H33N3O5. The molecule has 0 unspecified atom stereocenters. The van der Waals surface area contributed by atoms with Crippen LogP contribution in [0.2, 0.25) is 0 Å². The Bertz CT molecular complexity index is 1030. The number of amides is 2. The van der Waals surface area contributed by atoms with Gasteiger partial charge in [-0.2, -0.15) is 0 Å². The highest BCUT2D eigenvalue weighted by Crippen LogP contribution is 2.40. The molecule has 0 radical (unpaired) electrons. The maximum atomic E-state index is 12.0. The summed E-state index contributed by atoms with van der Waals surface area (Å²) in [5.74, 6) is 1.91. The van der Waals surface area contributed by atoms with Gasteiger partial charge in [-0.25, -0.2) is 9.78 Å². The zero-order valence-corrected chi connectivity index (χ0v) is 20.1. The minimum atomic E-state index is -0.953. The van der Waals surface area contributed by atoms with Gasteiger partial charge in [0.15, 0.2) is 0 Å². The van der Waals surface area contributed by atoms with E-state index in [9.17, 15) is 14.7 Å². The van der Waals surface area contributed by atoms with E-state index in [1.54, 1.807) is 6.20 Å². The lowest BCUT2D eigenvalue weighted by Crippen LogP contribution is -2.53. The number of hydrogen-bond donors (Lipinski definition) is 2. The van der Waals surface area contributed by atoms with Crippen LogP contribution in [0, 0.1) is 5.92 Å². The van der Waals surface area contributed by atoms with Gasteiger partial charge < -0.3 is 19.9 Å². The van der Waals surface area contributed by atoms with Gasteiger partial charge in [0.05, 0.1) is 6.04 Å². The van der Waals surface area contributed by atoms with E-state index >= 15 is 0 Å². The second-order valence-corrected chi connectivity index (χ2v) is 9.77. The number of aromatic nitrogens is 1. The van der Waals surface area contributed by atoms with Gasteiger partial charge in [0.2, 0.25) is 5.91 Å². The number of pyridine rings is 1. The van der Waals surface area contributed by atoms with Crippen molar-refractivity contribution in [2.75, 3.05) is 11.9 Å². The molecule has 0 aliphatic carbocycles. The normalized spacial score (nSPS) is 13.4. The van der Waals surface area contributed by atoms with Crippen LogP contribution in [0.5, 0.6) is 11.5 Å². The average molecular weight is 456 g/mol. The van der Waals surface area contributed by atoms with Gasteiger partial charge in [-0.15, -0.1) is 0 Å². The van der Waals surface area contributed by atoms with Crippen molar-refractivity contribution in [1.82, 2.24) is 9.88 Å². The Hall–Kier alpha value is -3.29. The molecule has 2 N–H and O–H groups in total. The molecule has 2 aromatic rings. The van der Waals surface area contributed by atoms with E-state index < -0.39 is 11.6 Å². The number of carbonyl (C=O) groups is 2. The molecule has 3 rings (SSSR count). The molecule has 2 heterocycles. The van der Waals surface area contributed by atoms with Crippen LogP contribution in [0.15, 0.2) is 30.5 Å². The third-order valence-electron chi connectivity index (χ3n) is 5.40. The molecule has 8 heteroatoms. The average Bonchev–Trinajstić information content (AvgIpc) is 2.69. The fourth-order valence-corrected chi connectivity index (χ4v) is 4.16. The van der Waals surface area contributed by atoms with Gasteiger partial charge in [0.1, 0.15) is 30.5 Å². The smallest absolute Gasteiger partial charge is 0.408 e. The fraction of sp³-hybridized carbons (Fsp3) is 0.480. The molecule has 1 aliphatic heterocycles. The largest absolute Gasteiger partial charge is 0.491 e. The van der Waals surface area contributed by atoms with E-state index in [1.165, 1.54) is 11.8 Å². The molecular weight excluding hydrogens is 422 g/mol. The first kappa shape index (κ1) is 24.4. The van der Waals surface area contributed by atoms with Crippen molar-refractivity contribution < 1.29 is 24.2 Å². The zero-order chi connectivity index (χ0) is 24.3. The third kappa shape index (κ3) is 5.94. The van der Waals surface area contributed by atoms with Crippen LogP contribution in [0.1, 0.15) is 53.5 Å². The van der Waals surface area contributed by atoms with Gasteiger partial charge in [-0.05, 0) is 56.9 Å². The minimum absolute atomic E-state index is 0.180. The molecule has 0 saturated carbocycles. The molecule has 0 spiro atoms. The lowest BCUT2D eigenvalue weighted by Gasteiger charge is -2.40. The van der Waals surface area contributed by atoms with Crippen molar-refractivity contribution in [1.29, 1.82) is 0 Å². The Morgan fingerprint density at radius 1 is 1.24 bits per heavy atom. The number of nitrogens with zero attached hydrogens (tertiary/aromatic N) is 2. The maximum absolute atomic E-state index is 12.0.